The number of aliphatic hydroxyl groups is 2. The summed E-state index contributed by atoms with van der Waals surface area (Å²) in [6.07, 6.45) is 71.7. The number of aliphatic hydroxyl groups excluding tert-OH is 2. The molecule has 0 aromatic carbocycles. The number of carbonyl (C=O) groups is 2. The van der Waals surface area contributed by atoms with E-state index in [-0.39, 0.29) is 18.5 Å². The van der Waals surface area contributed by atoms with Crippen LogP contribution in [0.1, 0.15) is 322 Å². The van der Waals surface area contributed by atoms with Crippen LogP contribution in [-0.2, 0) is 14.3 Å². The zero-order valence-electron chi connectivity index (χ0n) is 45.6. The van der Waals surface area contributed by atoms with Crippen LogP contribution in [0.3, 0.4) is 0 Å². The number of allylic oxidation sites excluding steroid dienone is 5. The Kier molecular flexibility index (Phi) is 56.0. The van der Waals surface area contributed by atoms with E-state index in [9.17, 15) is 19.8 Å². The number of rotatable bonds is 56. The molecule has 2 unspecified atom stereocenters. The van der Waals surface area contributed by atoms with E-state index in [1.54, 1.807) is 6.08 Å². The Morgan fingerprint density at radius 1 is 0.412 bits per heavy atom. The maximum Gasteiger partial charge on any atom is 0.305 e. The molecule has 2 atom stereocenters. The lowest BCUT2D eigenvalue weighted by Gasteiger charge is -2.20. The Balaban J connectivity index is 3.44. The molecule has 0 aliphatic rings. The summed E-state index contributed by atoms with van der Waals surface area (Å²) in [7, 11) is 0. The fourth-order valence-corrected chi connectivity index (χ4v) is 9.26. The number of esters is 1. The van der Waals surface area contributed by atoms with E-state index in [2.05, 4.69) is 43.5 Å². The number of nitrogens with one attached hydrogen (secondary N) is 1. The summed E-state index contributed by atoms with van der Waals surface area (Å²) in [4.78, 5) is 24.5. The van der Waals surface area contributed by atoms with E-state index in [1.165, 1.54) is 244 Å². The smallest absolute Gasteiger partial charge is 0.305 e. The van der Waals surface area contributed by atoms with Crippen molar-refractivity contribution in [3.8, 4) is 0 Å². The topological polar surface area (TPSA) is 95.9 Å². The normalized spacial score (nSPS) is 12.8. The summed E-state index contributed by atoms with van der Waals surface area (Å²) in [5.41, 5.74) is 0. The van der Waals surface area contributed by atoms with Crippen LogP contribution in [0.4, 0.5) is 0 Å². The van der Waals surface area contributed by atoms with Gasteiger partial charge in [0.2, 0.25) is 5.91 Å². The summed E-state index contributed by atoms with van der Waals surface area (Å²) in [5.74, 6) is -0.0761. The lowest BCUT2D eigenvalue weighted by molar-refractivity contribution is -0.143. The Hall–Kier alpha value is -1.92. The molecule has 0 radical (unpaired) electrons. The van der Waals surface area contributed by atoms with E-state index >= 15 is 0 Å². The minimum absolute atomic E-state index is 0.00700. The molecule has 0 saturated carbocycles. The predicted molar refractivity (Wildman–Crippen MR) is 296 cm³/mol. The van der Waals surface area contributed by atoms with Crippen LogP contribution in [0.2, 0.25) is 0 Å². The fraction of sp³-hybridized carbons (Fsp3) is 0.871. The predicted octanol–water partition coefficient (Wildman–Crippen LogP) is 18.8. The molecule has 0 aromatic heterocycles. The highest BCUT2D eigenvalue weighted by atomic mass is 16.5. The molecule has 6 nitrogen and oxygen atoms in total. The highest BCUT2D eigenvalue weighted by molar-refractivity contribution is 5.76. The molecule has 0 saturated heterocycles. The Bertz CT molecular complexity index is 1100. The third kappa shape index (κ3) is 53.4. The summed E-state index contributed by atoms with van der Waals surface area (Å²) in [6, 6.07) is -0.631. The third-order valence-electron chi connectivity index (χ3n) is 13.9. The third-order valence-corrected chi connectivity index (χ3v) is 13.9. The first-order valence-electron chi connectivity index (χ1n) is 30.3. The minimum Gasteiger partial charge on any atom is -0.466 e. The van der Waals surface area contributed by atoms with Gasteiger partial charge in [-0.2, -0.15) is 0 Å². The van der Waals surface area contributed by atoms with Crippen molar-refractivity contribution in [3.63, 3.8) is 0 Å². The van der Waals surface area contributed by atoms with Gasteiger partial charge in [-0.1, -0.05) is 288 Å². The molecule has 0 aromatic rings. The van der Waals surface area contributed by atoms with E-state index in [0.29, 0.717) is 19.4 Å². The van der Waals surface area contributed by atoms with Gasteiger partial charge in [0.25, 0.3) is 0 Å². The molecule has 0 spiro atoms. The number of hydrogen-bond donors (Lipinski definition) is 3. The van der Waals surface area contributed by atoms with Crippen LogP contribution in [0.15, 0.2) is 36.5 Å². The first-order valence-corrected chi connectivity index (χ1v) is 30.3. The molecule has 0 heterocycles. The lowest BCUT2D eigenvalue weighted by Crippen LogP contribution is -2.45. The molecule has 400 valence electrons. The van der Waals surface area contributed by atoms with Gasteiger partial charge in [-0.05, 0) is 57.8 Å². The van der Waals surface area contributed by atoms with E-state index in [1.807, 2.05) is 6.08 Å². The maximum absolute atomic E-state index is 12.5. The van der Waals surface area contributed by atoms with Crippen LogP contribution in [0.5, 0.6) is 0 Å². The highest BCUT2D eigenvalue weighted by Gasteiger charge is 2.18. The second-order valence-electron chi connectivity index (χ2n) is 20.7. The van der Waals surface area contributed by atoms with E-state index < -0.39 is 12.1 Å². The van der Waals surface area contributed by atoms with Crippen LogP contribution < -0.4 is 5.32 Å². The summed E-state index contributed by atoms with van der Waals surface area (Å²) < 4.78 is 5.46. The Labute approximate surface area is 424 Å². The summed E-state index contributed by atoms with van der Waals surface area (Å²) in [6.45, 7) is 4.84. The van der Waals surface area contributed by atoms with Gasteiger partial charge in [0.05, 0.1) is 25.4 Å². The van der Waals surface area contributed by atoms with Gasteiger partial charge < -0.3 is 20.3 Å². The quantitative estimate of drug-likeness (QED) is 0.0321. The maximum atomic E-state index is 12.5. The first kappa shape index (κ1) is 66.1. The van der Waals surface area contributed by atoms with Gasteiger partial charge >= 0.3 is 5.97 Å². The number of amides is 1. The van der Waals surface area contributed by atoms with Gasteiger partial charge in [0.15, 0.2) is 0 Å². The summed E-state index contributed by atoms with van der Waals surface area (Å²) in [5, 5.41) is 23.2. The van der Waals surface area contributed by atoms with Crippen molar-refractivity contribution in [2.75, 3.05) is 13.2 Å². The van der Waals surface area contributed by atoms with Gasteiger partial charge in [0.1, 0.15) is 0 Å². The van der Waals surface area contributed by atoms with Crippen molar-refractivity contribution in [3.05, 3.63) is 36.5 Å². The largest absolute Gasteiger partial charge is 0.466 e. The van der Waals surface area contributed by atoms with Gasteiger partial charge in [-0.15, -0.1) is 0 Å². The lowest BCUT2D eigenvalue weighted by atomic mass is 10.0. The second kappa shape index (κ2) is 57.7. The van der Waals surface area contributed by atoms with Gasteiger partial charge in [-0.25, -0.2) is 0 Å². The zero-order chi connectivity index (χ0) is 49.3. The van der Waals surface area contributed by atoms with E-state index in [0.717, 1.165) is 51.4 Å². The molecular formula is C62H117NO5. The molecule has 0 fully saturated rings. The number of ether oxygens (including phenoxy) is 1. The SMILES string of the molecule is CCC/C=C\C/C=C\CCCCCCCC(=O)OCCCCCCCCCCCCCCCCCCCCCC(=O)NC(CO)C(O)/C=C/CCCCCCCCCCCCCCCCCCC. The van der Waals surface area contributed by atoms with Crippen molar-refractivity contribution in [2.24, 2.45) is 0 Å². The average Bonchev–Trinajstić information content (AvgIpc) is 3.34. The van der Waals surface area contributed by atoms with Crippen molar-refractivity contribution < 1.29 is 24.5 Å². The van der Waals surface area contributed by atoms with Gasteiger partial charge in [-0.3, -0.25) is 9.59 Å². The standard InChI is InChI=1S/C62H117NO5/c1-3-5-7-9-11-13-15-17-18-19-21-24-27-31-34-38-42-46-50-54-60(65)59(58-64)63-61(66)55-51-47-43-39-35-32-28-25-22-20-23-26-29-33-37-41-45-49-53-57-68-62(67)56-52-48-44-40-36-30-16-14-12-10-8-6-4-2/h8,10,14,16,50,54,59-60,64-65H,3-7,9,11-13,15,17-49,51-53,55-58H2,1-2H3,(H,63,66)/b10-8-,16-14-,54-50+. The molecule has 3 N–H and O–H groups in total. The molecular weight excluding hydrogens is 839 g/mol. The van der Waals surface area contributed by atoms with Crippen LogP contribution in [-0.4, -0.2) is 47.4 Å². The molecule has 0 rings (SSSR count). The van der Waals surface area contributed by atoms with Crippen LogP contribution in [0.25, 0.3) is 0 Å². The minimum atomic E-state index is -0.847. The fourth-order valence-electron chi connectivity index (χ4n) is 9.26. The zero-order valence-corrected chi connectivity index (χ0v) is 45.6. The van der Waals surface area contributed by atoms with E-state index in [4.69, 9.17) is 4.74 Å². The monoisotopic (exact) mass is 956 g/mol. The Morgan fingerprint density at radius 3 is 1.18 bits per heavy atom. The van der Waals surface area contributed by atoms with Crippen molar-refractivity contribution in [1.29, 1.82) is 0 Å². The molecule has 1 amide bonds. The van der Waals surface area contributed by atoms with Crippen LogP contribution >= 0.6 is 0 Å². The highest BCUT2D eigenvalue weighted by Crippen LogP contribution is 2.17. The molecule has 0 aliphatic carbocycles. The van der Waals surface area contributed by atoms with Gasteiger partial charge in [0, 0.05) is 12.8 Å². The van der Waals surface area contributed by atoms with Crippen molar-refractivity contribution in [2.45, 2.75) is 334 Å². The average molecular weight is 957 g/mol. The number of carbonyl (C=O) groups excluding carboxylic acids is 2. The number of unbranched alkanes of at least 4 members (excludes halogenated alkanes) is 41. The molecule has 68 heavy (non-hydrogen) atoms. The summed E-state index contributed by atoms with van der Waals surface area (Å²) >= 11 is 0. The second-order valence-corrected chi connectivity index (χ2v) is 20.7. The van der Waals surface area contributed by atoms with Crippen molar-refractivity contribution in [1.82, 2.24) is 5.32 Å². The molecule has 0 aliphatic heterocycles. The molecule has 6 heteroatoms. The Morgan fingerprint density at radius 2 is 0.765 bits per heavy atom. The van der Waals surface area contributed by atoms with Crippen molar-refractivity contribution >= 4 is 11.9 Å². The first-order chi connectivity index (χ1) is 33.5. The molecule has 0 bridgehead atoms. The van der Waals surface area contributed by atoms with Crippen LogP contribution in [0, 0.1) is 0 Å². The number of hydrogen-bond acceptors (Lipinski definition) is 5.